The second-order valence-electron chi connectivity index (χ2n) is 1.06. The van der Waals surface area contributed by atoms with Crippen LogP contribution in [0.5, 0.6) is 0 Å². The summed E-state index contributed by atoms with van der Waals surface area (Å²) in [6.45, 7) is 0. The number of hydrogen-bond donors (Lipinski definition) is 4. The molecule has 0 aliphatic rings. The second kappa shape index (κ2) is 15.9. The van der Waals surface area contributed by atoms with Crippen LogP contribution in [0.15, 0.2) is 0 Å². The van der Waals surface area contributed by atoms with Crippen molar-refractivity contribution < 1.29 is 33.0 Å². The Kier molecular flexibility index (Phi) is 39.6. The van der Waals surface area contributed by atoms with E-state index >= 15 is 0 Å². The third-order valence-electron chi connectivity index (χ3n) is 0.213. The van der Waals surface area contributed by atoms with Crippen molar-refractivity contribution in [3.63, 3.8) is 0 Å². The molecule has 64 valence electrons. The van der Waals surface area contributed by atoms with Crippen LogP contribution < -0.4 is 0 Å². The quantitative estimate of drug-likeness (QED) is 0.278. The van der Waals surface area contributed by atoms with E-state index < -0.39 is 15.6 Å². The van der Waals surface area contributed by atoms with Gasteiger partial charge in [-0.1, -0.05) is 0 Å². The summed E-state index contributed by atoms with van der Waals surface area (Å²) in [4.78, 5) is 31.0. The topological polar surface area (TPSA) is 124 Å². The second-order valence-corrected chi connectivity index (χ2v) is 3.68. The van der Waals surface area contributed by atoms with E-state index in [4.69, 9.17) is 19.6 Å². The molecule has 0 aromatic carbocycles. The molecule has 0 heterocycles. The van der Waals surface area contributed by atoms with Gasteiger partial charge in [-0.15, -0.1) is 0 Å². The number of phosphoric acid groups is 2. The van der Waals surface area contributed by atoms with Crippen molar-refractivity contribution in [2.75, 3.05) is 0 Å². The van der Waals surface area contributed by atoms with Crippen LogP contribution in [-0.2, 0) is 13.4 Å². The average molecular weight is 524 g/mol. The third kappa shape index (κ3) is 32.8. The molecule has 0 unspecified atom stereocenters. The molecule has 0 aromatic heterocycles. The summed E-state index contributed by atoms with van der Waals surface area (Å²) in [5.74, 6) is 0. The van der Waals surface area contributed by atoms with Crippen LogP contribution in [0.25, 0.3) is 0 Å². The first-order chi connectivity index (χ1) is 3.71. The van der Waals surface area contributed by atoms with Crippen LogP contribution in [0.2, 0.25) is 0 Å². The van der Waals surface area contributed by atoms with Crippen molar-refractivity contribution in [3.8, 4) is 0 Å². The van der Waals surface area contributed by atoms with Crippen molar-refractivity contribution in [2.24, 2.45) is 0 Å². The molecular formula is H8O7P2Rb4. The van der Waals surface area contributed by atoms with E-state index in [2.05, 4.69) is 4.31 Å². The fraction of sp³-hybridized carbons (Fsp3) is 0. The molecule has 0 amide bonds. The molecule has 0 atom stereocenters. The number of rotatable bonds is 2. The molecule has 0 aliphatic heterocycles. The number of hydrogen-bond acceptors (Lipinski definition) is 3. The maximum atomic E-state index is 9.63. The summed E-state index contributed by atoms with van der Waals surface area (Å²) in [6, 6.07) is 0. The Labute approximate surface area is 271 Å². The average Bonchev–Trinajstić information content (AvgIpc) is 1.14. The van der Waals surface area contributed by atoms with Gasteiger partial charge in [0.25, 0.3) is 0 Å². The van der Waals surface area contributed by atoms with Gasteiger partial charge in [0.05, 0.1) is 0 Å². The molecule has 0 rings (SSSR count). The summed E-state index contributed by atoms with van der Waals surface area (Å²) in [5, 5.41) is 0. The molecule has 7 nitrogen and oxygen atoms in total. The Morgan fingerprint density at radius 3 is 0.846 bits per heavy atom. The molecule has 0 aromatic rings. The fourth-order valence-corrected chi connectivity index (χ4v) is 1.25. The first kappa shape index (κ1) is 32.4. The molecule has 0 fully saturated rings. The van der Waals surface area contributed by atoms with Gasteiger partial charge in [0, 0.05) is 0 Å². The molecule has 0 saturated heterocycles. The normalized spacial score (nSPS) is 9.54. The van der Waals surface area contributed by atoms with Gasteiger partial charge in [0.15, 0.2) is 0 Å². The predicted molar refractivity (Wildman–Crippen MR) is 53.8 cm³/mol. The van der Waals surface area contributed by atoms with Crippen LogP contribution in [0.4, 0.5) is 0 Å². The van der Waals surface area contributed by atoms with Crippen LogP contribution >= 0.6 is 15.6 Å². The zero-order valence-electron chi connectivity index (χ0n) is 3.91. The van der Waals surface area contributed by atoms with Gasteiger partial charge in [-0.2, -0.15) is 4.31 Å². The van der Waals surface area contributed by atoms with Crippen LogP contribution in [0.3, 0.4) is 0 Å². The van der Waals surface area contributed by atoms with E-state index in [-0.39, 0.29) is 233 Å². The minimum absolute atomic E-state index is 0. The van der Waals surface area contributed by atoms with Gasteiger partial charge in [0.1, 0.15) is 0 Å². The maximum absolute atomic E-state index is 9.63. The van der Waals surface area contributed by atoms with Crippen LogP contribution in [0, 0.1) is 0 Å². The fourth-order valence-electron chi connectivity index (χ4n) is 0.139. The SMILES string of the molecule is O=P(O)(O)OP(=O)(O)O.[RbH].[RbH].[RbH].[RbH]. The van der Waals surface area contributed by atoms with E-state index in [1.807, 2.05) is 0 Å². The Balaban J connectivity index is -0.0000000533. The van der Waals surface area contributed by atoms with Gasteiger partial charge < -0.3 is 19.6 Å². The Hall–Kier alpha value is 7.48. The summed E-state index contributed by atoms with van der Waals surface area (Å²) in [7, 11) is -10.1. The molecule has 13 heavy (non-hydrogen) atoms. The van der Waals surface area contributed by atoms with Gasteiger partial charge in [-0.05, 0) is 0 Å². The molecular weight excluding hydrogens is 516 g/mol. The zero-order valence-corrected chi connectivity index (χ0v) is 5.70. The third-order valence-corrected chi connectivity index (χ3v) is 1.91. The standard InChI is InChI=1S/H4O7P2.4Rb.4H/c1-8(2,3)7-9(4,5)6;;;;;;;;/h(H2,1,2,3)(H2,4,5,6);;;;;;;;. The van der Waals surface area contributed by atoms with E-state index in [9.17, 15) is 9.13 Å². The molecule has 0 radical (unpaired) electrons. The van der Waals surface area contributed by atoms with Gasteiger partial charge in [0.2, 0.25) is 0 Å². The van der Waals surface area contributed by atoms with E-state index in [0.717, 1.165) is 0 Å². The van der Waals surface area contributed by atoms with Crippen LogP contribution in [0.1, 0.15) is 0 Å². The Morgan fingerprint density at radius 2 is 0.846 bits per heavy atom. The van der Waals surface area contributed by atoms with Crippen molar-refractivity contribution >= 4 is 248 Å². The zero-order chi connectivity index (χ0) is 7.71. The predicted octanol–water partition coefficient (Wildman–Crippen LogP) is -3.41. The summed E-state index contributed by atoms with van der Waals surface area (Å²) in [5.41, 5.74) is 0. The molecule has 0 bridgehead atoms. The molecule has 0 saturated carbocycles. The first-order valence-corrected chi connectivity index (χ1v) is 4.59. The minimum atomic E-state index is -5.05. The first-order valence-electron chi connectivity index (χ1n) is 1.53. The van der Waals surface area contributed by atoms with E-state index in [1.54, 1.807) is 0 Å². The van der Waals surface area contributed by atoms with Crippen LogP contribution in [-0.4, -0.2) is 252 Å². The molecule has 4 N–H and O–H groups in total. The van der Waals surface area contributed by atoms with Crippen molar-refractivity contribution in [1.29, 1.82) is 0 Å². The van der Waals surface area contributed by atoms with Gasteiger partial charge in [-0.25, -0.2) is 9.13 Å². The van der Waals surface area contributed by atoms with Crippen molar-refractivity contribution in [2.45, 2.75) is 0 Å². The van der Waals surface area contributed by atoms with Crippen molar-refractivity contribution in [3.05, 3.63) is 0 Å². The Bertz CT molecular complexity index is 159. The monoisotopic (exact) mass is 522 g/mol. The molecule has 13 heteroatoms. The van der Waals surface area contributed by atoms with E-state index in [1.165, 1.54) is 0 Å². The molecule has 0 aliphatic carbocycles. The summed E-state index contributed by atoms with van der Waals surface area (Å²) in [6.07, 6.45) is 0. The summed E-state index contributed by atoms with van der Waals surface area (Å²) < 4.78 is 22.2. The van der Waals surface area contributed by atoms with E-state index in [0.29, 0.717) is 0 Å². The van der Waals surface area contributed by atoms with Gasteiger partial charge in [-0.3, -0.25) is 0 Å². The Morgan fingerprint density at radius 1 is 0.692 bits per heavy atom. The van der Waals surface area contributed by atoms with Gasteiger partial charge >= 0.3 is 248 Å². The summed E-state index contributed by atoms with van der Waals surface area (Å²) >= 11 is 0. The molecule has 0 spiro atoms. The van der Waals surface area contributed by atoms with Crippen molar-refractivity contribution in [1.82, 2.24) is 0 Å².